The maximum atomic E-state index is 14.8. The number of aryl methyl sites for hydroxylation is 1. The van der Waals surface area contributed by atoms with Crippen molar-refractivity contribution < 1.29 is 9.50 Å². The highest BCUT2D eigenvalue weighted by Gasteiger charge is 2.62. The van der Waals surface area contributed by atoms with E-state index in [1.165, 1.54) is 0 Å². The predicted octanol–water partition coefficient (Wildman–Crippen LogP) is 5.24. The van der Waals surface area contributed by atoms with Crippen molar-refractivity contribution in [3.8, 4) is 10.4 Å². The first-order valence-corrected chi connectivity index (χ1v) is 9.47. The zero-order valence-electron chi connectivity index (χ0n) is 14.7. The second-order valence-corrected chi connectivity index (χ2v) is 9.02. The summed E-state index contributed by atoms with van der Waals surface area (Å²) in [6.45, 7) is 8.20. The van der Waals surface area contributed by atoms with Crippen LogP contribution >= 0.6 is 11.3 Å². The highest BCUT2D eigenvalue weighted by molar-refractivity contribution is 7.13. The average Bonchev–Trinajstić information content (AvgIpc) is 3.04. The van der Waals surface area contributed by atoms with Crippen LogP contribution in [-0.4, -0.2) is 16.2 Å². The van der Waals surface area contributed by atoms with Gasteiger partial charge in [0.05, 0.1) is 11.1 Å². The first-order chi connectivity index (χ1) is 11.2. The van der Waals surface area contributed by atoms with Crippen molar-refractivity contribution in [2.75, 3.05) is 5.32 Å². The molecular weight excluding hydrogens is 321 g/mol. The Kier molecular flexibility index (Phi) is 3.24. The maximum absolute atomic E-state index is 14.8. The summed E-state index contributed by atoms with van der Waals surface area (Å²) in [5.41, 5.74) is 1.94. The normalized spacial score (nSPS) is 30.6. The fourth-order valence-electron chi connectivity index (χ4n) is 4.94. The third-order valence-corrected chi connectivity index (χ3v) is 7.47. The zero-order valence-corrected chi connectivity index (χ0v) is 15.5. The first-order valence-electron chi connectivity index (χ1n) is 8.59. The molecule has 1 aromatic heterocycles. The highest BCUT2D eigenvalue weighted by Crippen LogP contribution is 2.59. The van der Waals surface area contributed by atoms with Crippen molar-refractivity contribution in [3.63, 3.8) is 0 Å². The van der Waals surface area contributed by atoms with Crippen molar-refractivity contribution in [1.29, 1.82) is 0 Å². The Morgan fingerprint density at radius 1 is 1.21 bits per heavy atom. The van der Waals surface area contributed by atoms with E-state index in [1.807, 2.05) is 38.3 Å². The molecule has 0 radical (unpaired) electrons. The van der Waals surface area contributed by atoms with E-state index < -0.39 is 11.1 Å². The van der Waals surface area contributed by atoms with Crippen LogP contribution in [0.3, 0.4) is 0 Å². The Morgan fingerprint density at radius 2 is 1.96 bits per heavy atom. The lowest BCUT2D eigenvalue weighted by molar-refractivity contribution is -0.0628. The molecule has 1 aromatic carbocycles. The van der Waals surface area contributed by atoms with Gasteiger partial charge in [0.2, 0.25) is 0 Å². The van der Waals surface area contributed by atoms with Crippen molar-refractivity contribution >= 4 is 17.0 Å². The third kappa shape index (κ3) is 1.84. The Balaban J connectivity index is 1.97. The fraction of sp³-hybridized carbons (Fsp3) is 0.500. The standard InChI is InChI=1S/C20H24FNOS/c1-12-6-9-24-17(12)13-10-14-16(11-15(13)21)22-18(2,3)20(23)8-5-7-19(14,20)4/h6,9-11,22-23H,5,7-8H2,1-4H3. The van der Waals surface area contributed by atoms with E-state index in [1.54, 1.807) is 17.4 Å². The van der Waals surface area contributed by atoms with Crippen molar-refractivity contribution in [3.05, 3.63) is 40.5 Å². The number of fused-ring (bicyclic) bond motifs is 3. The second kappa shape index (κ2) is 4.83. The molecular formula is C20H24FNOS. The summed E-state index contributed by atoms with van der Waals surface area (Å²) in [4.78, 5) is 0.977. The Bertz CT molecular complexity index is 827. The number of benzene rings is 1. The molecule has 0 bridgehead atoms. The summed E-state index contributed by atoms with van der Waals surface area (Å²) in [6.07, 6.45) is 2.69. The van der Waals surface area contributed by atoms with Gasteiger partial charge >= 0.3 is 0 Å². The van der Waals surface area contributed by atoms with Crippen LogP contribution in [0.15, 0.2) is 23.6 Å². The molecule has 0 amide bonds. The second-order valence-electron chi connectivity index (χ2n) is 8.11. The number of aliphatic hydroxyl groups is 1. The van der Waals surface area contributed by atoms with Gasteiger partial charge in [0.25, 0.3) is 0 Å². The van der Waals surface area contributed by atoms with E-state index in [0.29, 0.717) is 5.56 Å². The van der Waals surface area contributed by atoms with E-state index >= 15 is 0 Å². The van der Waals surface area contributed by atoms with Crippen LogP contribution in [0.5, 0.6) is 0 Å². The highest BCUT2D eigenvalue weighted by atomic mass is 32.1. The van der Waals surface area contributed by atoms with Gasteiger partial charge in [-0.3, -0.25) is 0 Å². The van der Waals surface area contributed by atoms with Gasteiger partial charge in [0.15, 0.2) is 0 Å². The van der Waals surface area contributed by atoms with Crippen molar-refractivity contribution in [2.24, 2.45) is 0 Å². The third-order valence-electron chi connectivity index (χ3n) is 6.42. The molecule has 2 unspecified atom stereocenters. The van der Waals surface area contributed by atoms with Crippen molar-refractivity contribution in [1.82, 2.24) is 0 Å². The molecule has 2 aliphatic rings. The molecule has 1 fully saturated rings. The van der Waals surface area contributed by atoms with Gasteiger partial charge in [-0.05, 0) is 74.7 Å². The average molecular weight is 345 g/mol. The number of hydrogen-bond donors (Lipinski definition) is 2. The van der Waals surface area contributed by atoms with Crippen LogP contribution in [0.4, 0.5) is 10.1 Å². The first kappa shape index (κ1) is 16.1. The number of halogens is 1. The molecule has 0 saturated heterocycles. The van der Waals surface area contributed by atoms with E-state index in [0.717, 1.165) is 41.0 Å². The largest absolute Gasteiger partial charge is 0.387 e. The summed E-state index contributed by atoms with van der Waals surface area (Å²) >= 11 is 1.57. The molecule has 0 spiro atoms. The van der Waals surface area contributed by atoms with E-state index in [-0.39, 0.29) is 11.2 Å². The summed E-state index contributed by atoms with van der Waals surface area (Å²) in [5, 5.41) is 16.9. The van der Waals surface area contributed by atoms with E-state index in [9.17, 15) is 9.50 Å². The van der Waals surface area contributed by atoms with Crippen molar-refractivity contribution in [2.45, 2.75) is 63.5 Å². The van der Waals surface area contributed by atoms with Crippen LogP contribution in [-0.2, 0) is 5.41 Å². The van der Waals surface area contributed by atoms with Gasteiger partial charge in [-0.2, -0.15) is 0 Å². The minimum Gasteiger partial charge on any atom is -0.387 e. The number of anilines is 1. The molecule has 4 rings (SSSR count). The molecule has 24 heavy (non-hydrogen) atoms. The Hall–Kier alpha value is -1.39. The predicted molar refractivity (Wildman–Crippen MR) is 98.3 cm³/mol. The molecule has 2 nitrogen and oxygen atoms in total. The van der Waals surface area contributed by atoms with Crippen LogP contribution in [0.2, 0.25) is 0 Å². The minimum absolute atomic E-state index is 0.199. The molecule has 2 atom stereocenters. The molecule has 2 N–H and O–H groups in total. The lowest BCUT2D eigenvalue weighted by Crippen LogP contribution is -2.65. The van der Waals surface area contributed by atoms with Gasteiger partial charge < -0.3 is 10.4 Å². The summed E-state index contributed by atoms with van der Waals surface area (Å²) in [6, 6.07) is 5.62. The Labute approximate surface area is 146 Å². The number of nitrogens with one attached hydrogen (secondary N) is 1. The minimum atomic E-state index is -0.827. The van der Waals surface area contributed by atoms with Gasteiger partial charge in [-0.15, -0.1) is 11.3 Å². The lowest BCUT2D eigenvalue weighted by Gasteiger charge is -2.55. The smallest absolute Gasteiger partial charge is 0.133 e. The molecule has 128 valence electrons. The SMILES string of the molecule is Cc1ccsc1-c1cc2c(cc1F)NC(C)(C)C1(O)CCCC21C. The van der Waals surface area contributed by atoms with Gasteiger partial charge in [-0.25, -0.2) is 4.39 Å². The quantitative estimate of drug-likeness (QED) is 0.741. The van der Waals surface area contributed by atoms with E-state index in [4.69, 9.17) is 0 Å². The monoisotopic (exact) mass is 345 g/mol. The summed E-state index contributed by atoms with van der Waals surface area (Å²) in [5.74, 6) is -0.199. The Morgan fingerprint density at radius 3 is 2.62 bits per heavy atom. The summed E-state index contributed by atoms with van der Waals surface area (Å²) in [7, 11) is 0. The number of thiophene rings is 1. The molecule has 2 heterocycles. The zero-order chi connectivity index (χ0) is 17.3. The molecule has 1 saturated carbocycles. The van der Waals surface area contributed by atoms with Crippen LogP contribution < -0.4 is 5.32 Å². The van der Waals surface area contributed by atoms with Crippen LogP contribution in [0, 0.1) is 12.7 Å². The topological polar surface area (TPSA) is 32.3 Å². The summed E-state index contributed by atoms with van der Waals surface area (Å²) < 4.78 is 14.8. The van der Waals surface area contributed by atoms with Gasteiger partial charge in [0, 0.05) is 21.5 Å². The molecule has 1 aliphatic carbocycles. The molecule has 1 aliphatic heterocycles. The maximum Gasteiger partial charge on any atom is 0.133 e. The van der Waals surface area contributed by atoms with Crippen LogP contribution in [0.25, 0.3) is 10.4 Å². The number of rotatable bonds is 1. The lowest BCUT2D eigenvalue weighted by atomic mass is 9.60. The number of hydrogen-bond acceptors (Lipinski definition) is 3. The van der Waals surface area contributed by atoms with Crippen LogP contribution in [0.1, 0.15) is 51.2 Å². The molecule has 2 aromatic rings. The van der Waals surface area contributed by atoms with Gasteiger partial charge in [0.1, 0.15) is 5.82 Å². The van der Waals surface area contributed by atoms with E-state index in [2.05, 4.69) is 12.2 Å². The van der Waals surface area contributed by atoms with Gasteiger partial charge in [-0.1, -0.05) is 6.92 Å². The molecule has 4 heteroatoms. The fourth-order valence-corrected chi connectivity index (χ4v) is 5.88.